The molecule has 0 amide bonds. The number of H-pyrrole nitrogens is 1. The number of fused-ring (bicyclic) bond motifs is 3. The summed E-state index contributed by atoms with van der Waals surface area (Å²) in [6, 6.07) is 7.99. The van der Waals surface area contributed by atoms with Gasteiger partial charge in [-0.2, -0.15) is 0 Å². The maximum absolute atomic E-state index is 12.4. The summed E-state index contributed by atoms with van der Waals surface area (Å²) in [4.78, 5) is 19.7. The molecular formula is C18H17N5O. The molecule has 0 aliphatic heterocycles. The molecule has 0 atom stereocenters. The van der Waals surface area contributed by atoms with Crippen molar-refractivity contribution in [1.29, 1.82) is 5.41 Å². The maximum atomic E-state index is 12.4. The molecule has 1 saturated carbocycles. The minimum Gasteiger partial charge on any atom is -0.404 e. The smallest absolute Gasteiger partial charge is 0.258 e. The lowest BCUT2D eigenvalue weighted by Gasteiger charge is -2.12. The number of nitrogens with one attached hydrogen (secondary N) is 3. The molecule has 3 aromatic rings. The fraction of sp³-hybridized carbons (Fsp3) is 0.167. The summed E-state index contributed by atoms with van der Waals surface area (Å²) >= 11 is 0. The van der Waals surface area contributed by atoms with Crippen LogP contribution in [0.4, 0.5) is 5.82 Å². The Labute approximate surface area is 137 Å². The summed E-state index contributed by atoms with van der Waals surface area (Å²) in [6.45, 7) is 0. The van der Waals surface area contributed by atoms with Crippen LogP contribution >= 0.6 is 0 Å². The van der Waals surface area contributed by atoms with E-state index in [1.54, 1.807) is 12.3 Å². The van der Waals surface area contributed by atoms with Crippen molar-refractivity contribution in [2.75, 3.05) is 5.32 Å². The third-order valence-electron chi connectivity index (χ3n) is 4.30. The Morgan fingerprint density at radius 1 is 1.33 bits per heavy atom. The van der Waals surface area contributed by atoms with E-state index in [1.165, 1.54) is 12.4 Å². The predicted octanol–water partition coefficient (Wildman–Crippen LogP) is 2.60. The van der Waals surface area contributed by atoms with E-state index in [1.807, 2.05) is 18.2 Å². The highest BCUT2D eigenvalue weighted by atomic mass is 16.1. The summed E-state index contributed by atoms with van der Waals surface area (Å²) in [6.07, 6.45) is 6.49. The number of allylic oxidation sites excluding steroid dienone is 1. The van der Waals surface area contributed by atoms with Gasteiger partial charge in [0.1, 0.15) is 5.82 Å². The minimum atomic E-state index is -0.173. The molecule has 1 fully saturated rings. The Kier molecular flexibility index (Phi) is 3.30. The SMILES string of the molecule is N=C/C(=C\N)c1ccc2c(NC3CC3)nc3cc[nH]c(=O)c3c2c1. The van der Waals surface area contributed by atoms with Gasteiger partial charge in [-0.15, -0.1) is 0 Å². The lowest BCUT2D eigenvalue weighted by molar-refractivity contribution is 1.13. The van der Waals surface area contributed by atoms with Gasteiger partial charge in [-0.3, -0.25) is 4.79 Å². The first-order valence-electron chi connectivity index (χ1n) is 7.85. The second-order valence-corrected chi connectivity index (χ2v) is 5.97. The minimum absolute atomic E-state index is 0.173. The zero-order chi connectivity index (χ0) is 16.7. The lowest BCUT2D eigenvalue weighted by atomic mass is 10.0. The zero-order valence-corrected chi connectivity index (χ0v) is 13.0. The number of rotatable bonds is 4. The van der Waals surface area contributed by atoms with Gasteiger partial charge in [-0.05, 0) is 30.5 Å². The number of hydrogen-bond acceptors (Lipinski definition) is 5. The van der Waals surface area contributed by atoms with Gasteiger partial charge in [-0.25, -0.2) is 4.98 Å². The number of hydrogen-bond donors (Lipinski definition) is 4. The molecule has 0 bridgehead atoms. The zero-order valence-electron chi connectivity index (χ0n) is 13.0. The molecule has 0 radical (unpaired) electrons. The molecule has 120 valence electrons. The van der Waals surface area contributed by atoms with Gasteiger partial charge in [0.15, 0.2) is 0 Å². The molecule has 2 heterocycles. The Hall–Kier alpha value is -3.15. The van der Waals surface area contributed by atoms with Gasteiger partial charge < -0.3 is 21.4 Å². The Bertz CT molecular complexity index is 1050. The molecule has 1 aromatic carbocycles. The van der Waals surface area contributed by atoms with E-state index in [0.717, 1.165) is 35.0 Å². The van der Waals surface area contributed by atoms with Crippen LogP contribution in [0.2, 0.25) is 0 Å². The Balaban J connectivity index is 2.07. The second-order valence-electron chi connectivity index (χ2n) is 5.97. The van der Waals surface area contributed by atoms with Crippen LogP contribution in [0, 0.1) is 5.41 Å². The summed E-state index contributed by atoms with van der Waals surface area (Å²) in [5.41, 5.74) is 7.48. The number of aromatic amines is 1. The summed E-state index contributed by atoms with van der Waals surface area (Å²) in [7, 11) is 0. The normalized spacial score (nSPS) is 14.9. The Morgan fingerprint density at radius 2 is 2.17 bits per heavy atom. The van der Waals surface area contributed by atoms with Crippen LogP contribution in [0.5, 0.6) is 0 Å². The van der Waals surface area contributed by atoms with Crippen molar-refractivity contribution in [2.24, 2.45) is 5.73 Å². The highest BCUT2D eigenvalue weighted by Gasteiger charge is 2.23. The molecule has 1 aliphatic rings. The van der Waals surface area contributed by atoms with Crippen molar-refractivity contribution >= 4 is 39.3 Å². The van der Waals surface area contributed by atoms with Gasteiger partial charge in [0, 0.05) is 41.0 Å². The number of nitrogens with zero attached hydrogens (tertiary/aromatic N) is 1. The van der Waals surface area contributed by atoms with E-state index < -0.39 is 0 Å². The van der Waals surface area contributed by atoms with Gasteiger partial charge >= 0.3 is 0 Å². The Morgan fingerprint density at radius 3 is 2.88 bits per heavy atom. The van der Waals surface area contributed by atoms with E-state index >= 15 is 0 Å². The van der Waals surface area contributed by atoms with Crippen molar-refractivity contribution < 1.29 is 0 Å². The first-order valence-corrected chi connectivity index (χ1v) is 7.85. The molecule has 6 heteroatoms. The third-order valence-corrected chi connectivity index (χ3v) is 4.30. The molecule has 0 unspecified atom stereocenters. The van der Waals surface area contributed by atoms with Crippen LogP contribution < -0.4 is 16.6 Å². The monoisotopic (exact) mass is 319 g/mol. The summed E-state index contributed by atoms with van der Waals surface area (Å²) < 4.78 is 0. The quantitative estimate of drug-likeness (QED) is 0.438. The van der Waals surface area contributed by atoms with Crippen LogP contribution in [0.1, 0.15) is 18.4 Å². The highest BCUT2D eigenvalue weighted by molar-refractivity contribution is 6.14. The molecule has 2 aromatic heterocycles. The molecule has 6 nitrogen and oxygen atoms in total. The van der Waals surface area contributed by atoms with Crippen LogP contribution in [-0.2, 0) is 0 Å². The first-order chi connectivity index (χ1) is 11.7. The van der Waals surface area contributed by atoms with Gasteiger partial charge in [0.05, 0.1) is 10.9 Å². The van der Waals surface area contributed by atoms with E-state index in [4.69, 9.17) is 11.1 Å². The van der Waals surface area contributed by atoms with E-state index in [2.05, 4.69) is 15.3 Å². The number of aromatic nitrogens is 2. The van der Waals surface area contributed by atoms with Crippen molar-refractivity contribution in [3.05, 3.63) is 52.6 Å². The van der Waals surface area contributed by atoms with Gasteiger partial charge in [0.2, 0.25) is 0 Å². The van der Waals surface area contributed by atoms with E-state index in [-0.39, 0.29) is 5.56 Å². The number of nitrogens with two attached hydrogens (primary N) is 1. The largest absolute Gasteiger partial charge is 0.404 e. The number of anilines is 1. The van der Waals surface area contributed by atoms with Crippen molar-refractivity contribution in [3.8, 4) is 0 Å². The third kappa shape index (κ3) is 2.32. The molecule has 24 heavy (non-hydrogen) atoms. The van der Waals surface area contributed by atoms with Crippen molar-refractivity contribution in [1.82, 2.24) is 9.97 Å². The summed E-state index contributed by atoms with van der Waals surface area (Å²) in [5, 5.41) is 13.2. The van der Waals surface area contributed by atoms with Crippen LogP contribution in [0.15, 0.2) is 41.5 Å². The lowest BCUT2D eigenvalue weighted by Crippen LogP contribution is -2.09. The fourth-order valence-corrected chi connectivity index (χ4v) is 2.90. The highest BCUT2D eigenvalue weighted by Crippen LogP contribution is 2.32. The first kappa shape index (κ1) is 14.4. The number of benzene rings is 1. The second kappa shape index (κ2) is 5.49. The maximum Gasteiger partial charge on any atom is 0.258 e. The van der Waals surface area contributed by atoms with Crippen LogP contribution in [0.3, 0.4) is 0 Å². The van der Waals surface area contributed by atoms with E-state index in [9.17, 15) is 4.79 Å². The molecule has 4 rings (SSSR count). The van der Waals surface area contributed by atoms with Crippen molar-refractivity contribution in [3.63, 3.8) is 0 Å². The average molecular weight is 319 g/mol. The summed E-state index contributed by atoms with van der Waals surface area (Å²) in [5.74, 6) is 0.797. The molecule has 5 N–H and O–H groups in total. The average Bonchev–Trinajstić information content (AvgIpc) is 3.40. The van der Waals surface area contributed by atoms with Crippen LogP contribution in [-0.4, -0.2) is 22.2 Å². The van der Waals surface area contributed by atoms with Crippen LogP contribution in [0.25, 0.3) is 27.2 Å². The predicted molar refractivity (Wildman–Crippen MR) is 97.5 cm³/mol. The van der Waals surface area contributed by atoms with E-state index in [0.29, 0.717) is 22.5 Å². The van der Waals surface area contributed by atoms with Gasteiger partial charge in [-0.1, -0.05) is 12.1 Å². The molecule has 0 spiro atoms. The topological polar surface area (TPSA) is 108 Å². The standard InChI is InChI=1S/C18H17N5O/c19-8-11(9-20)10-1-4-13-14(7-10)16-15(5-6-21-18(16)24)23-17(13)22-12-2-3-12/h1,4-9,12,19H,2-3,20H2,(H,21,24)(H,22,23)/b11-9+,19-8?. The fourth-order valence-electron chi connectivity index (χ4n) is 2.90. The molecule has 1 aliphatic carbocycles. The van der Waals surface area contributed by atoms with Crippen molar-refractivity contribution in [2.45, 2.75) is 18.9 Å². The number of pyridine rings is 2. The van der Waals surface area contributed by atoms with Gasteiger partial charge in [0.25, 0.3) is 5.56 Å². The molecular weight excluding hydrogens is 302 g/mol. The molecule has 0 saturated heterocycles.